The van der Waals surface area contributed by atoms with Crippen molar-refractivity contribution in [3.8, 4) is 11.5 Å². The van der Waals surface area contributed by atoms with Crippen LogP contribution in [0.1, 0.15) is 62.4 Å². The van der Waals surface area contributed by atoms with Gasteiger partial charge in [0, 0.05) is 5.39 Å². The molecular formula is C28H34O4. The Bertz CT molecular complexity index is 994. The molecule has 0 saturated heterocycles. The lowest BCUT2D eigenvalue weighted by molar-refractivity contribution is 0.0447. The molecule has 0 aliphatic rings. The van der Waals surface area contributed by atoms with Crippen LogP contribution in [0.4, 0.5) is 0 Å². The van der Waals surface area contributed by atoms with E-state index in [9.17, 15) is 4.79 Å². The molecule has 0 N–H and O–H groups in total. The number of hydrogen-bond donors (Lipinski definition) is 0. The summed E-state index contributed by atoms with van der Waals surface area (Å²) in [4.78, 5) is 12.2. The van der Waals surface area contributed by atoms with Gasteiger partial charge in [-0.15, -0.1) is 0 Å². The first-order chi connectivity index (χ1) is 15.6. The molecule has 1 atom stereocenters. The van der Waals surface area contributed by atoms with Gasteiger partial charge >= 0.3 is 5.97 Å². The molecule has 0 aliphatic carbocycles. The van der Waals surface area contributed by atoms with Crippen LogP contribution in [0, 0.1) is 5.92 Å². The topological polar surface area (TPSA) is 44.8 Å². The average Bonchev–Trinajstić information content (AvgIpc) is 2.83. The molecule has 0 aliphatic heterocycles. The lowest BCUT2D eigenvalue weighted by atomic mass is 10.1. The molecule has 3 aromatic rings. The molecule has 0 heterocycles. The van der Waals surface area contributed by atoms with Crippen molar-refractivity contribution in [1.82, 2.24) is 0 Å². The van der Waals surface area contributed by atoms with Gasteiger partial charge in [0.1, 0.15) is 18.1 Å². The Morgan fingerprint density at radius 3 is 2.50 bits per heavy atom. The van der Waals surface area contributed by atoms with Crippen LogP contribution in [0.25, 0.3) is 10.8 Å². The van der Waals surface area contributed by atoms with E-state index in [0.717, 1.165) is 47.3 Å². The molecule has 0 radical (unpaired) electrons. The highest BCUT2D eigenvalue weighted by molar-refractivity contribution is 5.90. The molecule has 0 unspecified atom stereocenters. The van der Waals surface area contributed by atoms with Crippen molar-refractivity contribution in [2.24, 2.45) is 5.92 Å². The maximum absolute atomic E-state index is 12.2. The first-order valence-corrected chi connectivity index (χ1v) is 11.6. The smallest absolute Gasteiger partial charge is 0.338 e. The number of benzene rings is 3. The van der Waals surface area contributed by atoms with Gasteiger partial charge in [0.2, 0.25) is 0 Å². The summed E-state index contributed by atoms with van der Waals surface area (Å²) < 4.78 is 17.3. The summed E-state index contributed by atoms with van der Waals surface area (Å²) in [5.74, 6) is 1.81. The summed E-state index contributed by atoms with van der Waals surface area (Å²) in [5.41, 5.74) is 1.56. The standard InChI is InChI=1S/C28H34O4/c1-4-6-7-17-30-25-15-16-26-24(18-25)9-8-10-27(26)31-20-22-11-13-23(14-12-22)28(29)32-19-21(3)5-2/h8-16,18,21H,4-7,17,19-20H2,1-3H3/t21-/m1/s1. The maximum Gasteiger partial charge on any atom is 0.338 e. The lowest BCUT2D eigenvalue weighted by Gasteiger charge is -2.12. The zero-order valence-corrected chi connectivity index (χ0v) is 19.4. The van der Waals surface area contributed by atoms with Gasteiger partial charge in [-0.3, -0.25) is 0 Å². The van der Waals surface area contributed by atoms with Crippen LogP contribution in [0.5, 0.6) is 11.5 Å². The predicted octanol–water partition coefficient (Wildman–Crippen LogP) is 7.19. The maximum atomic E-state index is 12.2. The summed E-state index contributed by atoms with van der Waals surface area (Å²) in [5, 5.41) is 2.15. The summed E-state index contributed by atoms with van der Waals surface area (Å²) in [7, 11) is 0. The molecule has 0 fully saturated rings. The second-order valence-electron chi connectivity index (χ2n) is 8.29. The monoisotopic (exact) mass is 434 g/mol. The minimum absolute atomic E-state index is 0.278. The fourth-order valence-electron chi connectivity index (χ4n) is 3.31. The highest BCUT2D eigenvalue weighted by atomic mass is 16.5. The van der Waals surface area contributed by atoms with E-state index < -0.39 is 0 Å². The van der Waals surface area contributed by atoms with E-state index in [1.165, 1.54) is 12.8 Å². The van der Waals surface area contributed by atoms with Crippen molar-refractivity contribution in [3.63, 3.8) is 0 Å². The van der Waals surface area contributed by atoms with Crippen molar-refractivity contribution in [3.05, 3.63) is 71.8 Å². The van der Waals surface area contributed by atoms with Gasteiger partial charge in [-0.1, -0.05) is 64.3 Å². The van der Waals surface area contributed by atoms with Gasteiger partial charge in [0.05, 0.1) is 18.8 Å². The zero-order chi connectivity index (χ0) is 22.8. The number of unbranched alkanes of at least 4 members (excludes halogenated alkanes) is 2. The summed E-state index contributed by atoms with van der Waals surface area (Å²) in [6.45, 7) is 7.97. The van der Waals surface area contributed by atoms with Crippen LogP contribution in [-0.2, 0) is 11.3 Å². The third kappa shape index (κ3) is 6.74. The molecular weight excluding hydrogens is 400 g/mol. The van der Waals surface area contributed by atoms with Crippen molar-refractivity contribution in [1.29, 1.82) is 0 Å². The van der Waals surface area contributed by atoms with Crippen LogP contribution in [0.2, 0.25) is 0 Å². The van der Waals surface area contributed by atoms with Crippen molar-refractivity contribution in [2.75, 3.05) is 13.2 Å². The minimum Gasteiger partial charge on any atom is -0.494 e. The molecule has 0 saturated carbocycles. The van der Waals surface area contributed by atoms with Crippen molar-refractivity contribution in [2.45, 2.75) is 53.1 Å². The fraction of sp³-hybridized carbons (Fsp3) is 0.393. The molecule has 0 aromatic heterocycles. The van der Waals surface area contributed by atoms with Crippen LogP contribution in [-0.4, -0.2) is 19.2 Å². The second kappa shape index (κ2) is 12.1. The fourth-order valence-corrected chi connectivity index (χ4v) is 3.31. The molecule has 170 valence electrons. The number of fused-ring (bicyclic) bond motifs is 1. The lowest BCUT2D eigenvalue weighted by Crippen LogP contribution is -2.11. The Morgan fingerprint density at radius 2 is 1.75 bits per heavy atom. The SMILES string of the molecule is CCCCCOc1ccc2c(OCc3ccc(C(=O)OC[C@H](C)CC)cc3)cccc2c1. The van der Waals surface area contributed by atoms with Crippen LogP contribution < -0.4 is 9.47 Å². The molecule has 3 aromatic carbocycles. The van der Waals surface area contributed by atoms with Gasteiger partial charge in [-0.05, 0) is 59.7 Å². The van der Waals surface area contributed by atoms with E-state index in [1.807, 2.05) is 30.3 Å². The molecule has 32 heavy (non-hydrogen) atoms. The molecule has 4 nitrogen and oxygen atoms in total. The van der Waals surface area contributed by atoms with Gasteiger partial charge in [-0.25, -0.2) is 4.79 Å². The first kappa shape index (κ1) is 23.6. The van der Waals surface area contributed by atoms with Gasteiger partial charge in [0.25, 0.3) is 0 Å². The zero-order valence-electron chi connectivity index (χ0n) is 19.4. The Hall–Kier alpha value is -3.01. The number of rotatable bonds is 12. The summed E-state index contributed by atoms with van der Waals surface area (Å²) >= 11 is 0. The van der Waals surface area contributed by atoms with E-state index >= 15 is 0 Å². The molecule has 0 spiro atoms. The van der Waals surface area contributed by atoms with Crippen molar-refractivity contribution < 1.29 is 19.0 Å². The summed E-state index contributed by atoms with van der Waals surface area (Å²) in [6.07, 6.45) is 4.44. The van der Waals surface area contributed by atoms with E-state index in [-0.39, 0.29) is 5.97 Å². The molecule has 0 bridgehead atoms. The van der Waals surface area contributed by atoms with Crippen LogP contribution >= 0.6 is 0 Å². The third-order valence-corrected chi connectivity index (χ3v) is 5.61. The number of esters is 1. The summed E-state index contributed by atoms with van der Waals surface area (Å²) in [6, 6.07) is 19.6. The first-order valence-electron chi connectivity index (χ1n) is 11.6. The van der Waals surface area contributed by atoms with Crippen LogP contribution in [0.15, 0.2) is 60.7 Å². The quantitative estimate of drug-likeness (QED) is 0.223. The number of carbonyl (C=O) groups excluding carboxylic acids is 1. The highest BCUT2D eigenvalue weighted by Gasteiger charge is 2.10. The van der Waals surface area contributed by atoms with E-state index in [2.05, 4.69) is 39.0 Å². The van der Waals surface area contributed by atoms with Gasteiger partial charge < -0.3 is 14.2 Å². The normalized spacial score (nSPS) is 11.8. The average molecular weight is 435 g/mol. The number of ether oxygens (including phenoxy) is 3. The second-order valence-corrected chi connectivity index (χ2v) is 8.29. The van der Waals surface area contributed by atoms with Gasteiger partial charge in [0.15, 0.2) is 0 Å². The molecule has 0 amide bonds. The van der Waals surface area contributed by atoms with Gasteiger partial charge in [-0.2, -0.15) is 0 Å². The third-order valence-electron chi connectivity index (χ3n) is 5.61. The van der Waals surface area contributed by atoms with E-state index in [0.29, 0.717) is 24.7 Å². The highest BCUT2D eigenvalue weighted by Crippen LogP contribution is 2.29. The van der Waals surface area contributed by atoms with Crippen molar-refractivity contribution >= 4 is 16.7 Å². The predicted molar refractivity (Wildman–Crippen MR) is 129 cm³/mol. The minimum atomic E-state index is -0.278. The molecule has 4 heteroatoms. The van der Waals surface area contributed by atoms with Crippen LogP contribution in [0.3, 0.4) is 0 Å². The Morgan fingerprint density at radius 1 is 0.938 bits per heavy atom. The number of hydrogen-bond acceptors (Lipinski definition) is 4. The Balaban J connectivity index is 1.59. The van der Waals surface area contributed by atoms with E-state index in [4.69, 9.17) is 14.2 Å². The number of carbonyl (C=O) groups is 1. The Labute approximate surface area is 191 Å². The van der Waals surface area contributed by atoms with E-state index in [1.54, 1.807) is 12.1 Å². The largest absolute Gasteiger partial charge is 0.494 e. The Kier molecular flexibility index (Phi) is 8.97. The molecule has 3 rings (SSSR count).